The minimum atomic E-state index is -1.70. The second-order valence-corrected chi connectivity index (χ2v) is 19.7. The van der Waals surface area contributed by atoms with Gasteiger partial charge < -0.3 is 14.0 Å². The van der Waals surface area contributed by atoms with Gasteiger partial charge in [0.05, 0.1) is 25.0 Å². The first-order valence-electron chi connectivity index (χ1n) is 18.0. The molecule has 4 aromatic heterocycles. The summed E-state index contributed by atoms with van der Waals surface area (Å²) in [5.74, 6) is 0.772. The molecule has 0 fully saturated rings. The van der Waals surface area contributed by atoms with Crippen LogP contribution in [0.4, 0.5) is 0 Å². The van der Waals surface area contributed by atoms with E-state index >= 15 is 0 Å². The monoisotopic (exact) mass is 865 g/mol. The van der Waals surface area contributed by atoms with Gasteiger partial charge in [-0.15, -0.1) is 54.1 Å². The number of rotatable bonds is 5. The SMILES string of the molecule is Cc1ccc2nc(-c3[c-]ccc4c3oc3ccccc34)n(-c3ccccc3)c2n1.[2H]C([2H])(c1cc(-c2[c-]cccc2)ncc1[Si](C)(C)C)C(C)(C)C.[Ir]. The molecule has 8 aromatic rings. The molecule has 0 atom stereocenters. The summed E-state index contributed by atoms with van der Waals surface area (Å²) < 4.78 is 25.8. The molecule has 0 aliphatic rings. The van der Waals surface area contributed by atoms with E-state index in [0.717, 1.165) is 77.9 Å². The Hall–Kier alpha value is -4.68. The number of benzene rings is 4. The van der Waals surface area contributed by atoms with Gasteiger partial charge in [0.1, 0.15) is 5.58 Å². The van der Waals surface area contributed by atoms with Crippen molar-refractivity contribution in [2.75, 3.05) is 0 Å². The maximum Gasteiger partial charge on any atom is 0.155 e. The first-order chi connectivity index (χ1) is 24.7. The minimum Gasteiger partial charge on any atom is -0.501 e. The standard InChI is InChI=1S/C25H16N3O.C19H26NSi.Ir/c1-16-14-15-21-25(26-16)28(17-8-3-2-4-9-17)24(27-21)20-12-7-11-19-18-10-5-6-13-22(18)29-23(19)20;1-19(2,3)13-16-12-17(15-10-8-7-9-11-15)20-14-18(16)21(4,5)6;/h2-11,13-15H,1H3;7-10,12,14H,13H2,1-6H3;/q2*-1;/i;13D2;. The zero-order valence-electron chi connectivity index (χ0n) is 32.0. The quantitative estimate of drug-likeness (QED) is 0.128. The third kappa shape index (κ3) is 7.67. The Labute approximate surface area is 318 Å². The normalized spacial score (nSPS) is 12.6. The molecule has 0 aliphatic heterocycles. The fourth-order valence-corrected chi connectivity index (χ4v) is 7.55. The number of furan rings is 1. The van der Waals surface area contributed by atoms with Gasteiger partial charge in [-0.3, -0.25) is 4.98 Å². The summed E-state index contributed by atoms with van der Waals surface area (Å²) in [4.78, 5) is 14.3. The maximum atomic E-state index is 8.75. The van der Waals surface area contributed by atoms with Crippen LogP contribution < -0.4 is 5.19 Å². The number of fused-ring (bicyclic) bond motifs is 4. The van der Waals surface area contributed by atoms with Crippen LogP contribution in [0.3, 0.4) is 0 Å². The van der Waals surface area contributed by atoms with Crippen molar-refractivity contribution in [2.45, 2.75) is 53.7 Å². The Morgan fingerprint density at radius 1 is 0.824 bits per heavy atom. The third-order valence-electron chi connectivity index (χ3n) is 8.43. The topological polar surface area (TPSA) is 56.7 Å². The van der Waals surface area contributed by atoms with Gasteiger partial charge in [0, 0.05) is 45.8 Å². The summed E-state index contributed by atoms with van der Waals surface area (Å²) in [7, 11) is -1.70. The van der Waals surface area contributed by atoms with Crippen LogP contribution in [0.25, 0.3) is 61.4 Å². The summed E-state index contributed by atoms with van der Waals surface area (Å²) in [6, 6.07) is 42.4. The van der Waals surface area contributed by atoms with Crippen molar-refractivity contribution in [3.05, 3.63) is 139 Å². The molecule has 1 radical (unpaired) electrons. The molecule has 0 saturated carbocycles. The third-order valence-corrected chi connectivity index (χ3v) is 10.4. The van der Waals surface area contributed by atoms with Crippen LogP contribution in [0.15, 0.2) is 120 Å². The minimum absolute atomic E-state index is 0. The summed E-state index contributed by atoms with van der Waals surface area (Å²) >= 11 is 0. The van der Waals surface area contributed by atoms with Gasteiger partial charge >= 0.3 is 0 Å². The number of hydrogen-bond acceptors (Lipinski definition) is 4. The molecule has 0 aliphatic carbocycles. The number of imidazole rings is 1. The molecule has 5 nitrogen and oxygen atoms in total. The van der Waals surface area contributed by atoms with Crippen molar-refractivity contribution in [1.82, 2.24) is 19.5 Å². The Bertz CT molecular complexity index is 2540. The van der Waals surface area contributed by atoms with Crippen molar-refractivity contribution in [2.24, 2.45) is 5.41 Å². The summed E-state index contributed by atoms with van der Waals surface area (Å²) in [5.41, 5.74) is 8.10. The van der Waals surface area contributed by atoms with Gasteiger partial charge in [0.2, 0.25) is 0 Å². The van der Waals surface area contributed by atoms with E-state index in [0.29, 0.717) is 0 Å². The van der Waals surface area contributed by atoms with Gasteiger partial charge in [0.25, 0.3) is 0 Å². The van der Waals surface area contributed by atoms with Gasteiger partial charge in [-0.2, -0.15) is 0 Å². The molecule has 0 N–H and O–H groups in total. The second kappa shape index (κ2) is 14.5. The number of hydrogen-bond donors (Lipinski definition) is 0. The molecule has 8 rings (SSSR count). The maximum absolute atomic E-state index is 8.75. The molecule has 0 bridgehead atoms. The fraction of sp³-hybridized carbons (Fsp3) is 0.205. The van der Waals surface area contributed by atoms with E-state index < -0.39 is 19.9 Å². The number of aromatic nitrogens is 4. The summed E-state index contributed by atoms with van der Waals surface area (Å²) in [6.45, 7) is 14.6. The molecule has 0 spiro atoms. The van der Waals surface area contributed by atoms with Gasteiger partial charge in [-0.1, -0.05) is 99.4 Å². The Morgan fingerprint density at radius 3 is 2.29 bits per heavy atom. The first-order valence-corrected chi connectivity index (χ1v) is 20.5. The Balaban J connectivity index is 0.000000184. The van der Waals surface area contributed by atoms with E-state index in [1.54, 1.807) is 0 Å². The summed E-state index contributed by atoms with van der Waals surface area (Å²) in [5, 5.41) is 3.25. The van der Waals surface area contributed by atoms with Crippen LogP contribution in [0.5, 0.6) is 0 Å². The zero-order valence-corrected chi connectivity index (χ0v) is 33.4. The van der Waals surface area contributed by atoms with Crippen LogP contribution in [0.1, 0.15) is 34.8 Å². The fourth-order valence-electron chi connectivity index (χ4n) is 6.16. The number of aryl methyl sites for hydroxylation is 1. The van der Waals surface area contributed by atoms with E-state index in [2.05, 4.69) is 59.5 Å². The van der Waals surface area contributed by atoms with E-state index in [9.17, 15) is 0 Å². The van der Waals surface area contributed by atoms with Gasteiger partial charge in [-0.05, 0) is 59.9 Å². The van der Waals surface area contributed by atoms with Crippen LogP contribution in [0, 0.1) is 24.5 Å². The molecule has 4 aromatic carbocycles. The van der Waals surface area contributed by atoms with Crippen molar-refractivity contribution in [3.8, 4) is 28.3 Å². The molecular formula is C44H42IrN4OSi-2. The predicted octanol–water partition coefficient (Wildman–Crippen LogP) is 10.8. The number of nitrogens with zero attached hydrogens (tertiary/aromatic N) is 4. The average molecular weight is 865 g/mol. The summed E-state index contributed by atoms with van der Waals surface area (Å²) in [6.07, 6.45) is 0.469. The van der Waals surface area contributed by atoms with E-state index in [1.165, 1.54) is 0 Å². The van der Waals surface area contributed by atoms with Crippen LogP contribution in [-0.4, -0.2) is 27.6 Å². The second-order valence-electron chi connectivity index (χ2n) is 14.6. The molecular weight excluding hydrogens is 821 g/mol. The van der Waals surface area contributed by atoms with Gasteiger partial charge in [-0.25, -0.2) is 4.98 Å². The average Bonchev–Trinajstić information content (AvgIpc) is 3.70. The van der Waals surface area contributed by atoms with Gasteiger partial charge in [0.15, 0.2) is 5.65 Å². The van der Waals surface area contributed by atoms with E-state index in [1.807, 2.05) is 125 Å². The molecule has 4 heterocycles. The van der Waals surface area contributed by atoms with Crippen molar-refractivity contribution < 1.29 is 27.3 Å². The smallest absolute Gasteiger partial charge is 0.155 e. The van der Waals surface area contributed by atoms with Crippen molar-refractivity contribution in [1.29, 1.82) is 0 Å². The molecule has 0 unspecified atom stereocenters. The molecule has 0 amide bonds. The van der Waals surface area contributed by atoms with E-state index in [4.69, 9.17) is 17.1 Å². The Kier molecular flexibility index (Phi) is 9.52. The molecule has 259 valence electrons. The van der Waals surface area contributed by atoms with Crippen molar-refractivity contribution >= 4 is 46.4 Å². The largest absolute Gasteiger partial charge is 0.501 e. The molecule has 7 heteroatoms. The van der Waals surface area contributed by atoms with E-state index in [-0.39, 0.29) is 20.1 Å². The van der Waals surface area contributed by atoms with Crippen LogP contribution in [0.2, 0.25) is 19.6 Å². The van der Waals surface area contributed by atoms with Crippen molar-refractivity contribution in [3.63, 3.8) is 0 Å². The predicted molar refractivity (Wildman–Crippen MR) is 210 cm³/mol. The number of para-hydroxylation sites is 2. The molecule has 0 saturated heterocycles. The van der Waals surface area contributed by atoms with Crippen LogP contribution in [-0.2, 0) is 26.5 Å². The first kappa shape index (κ1) is 33.5. The molecule has 51 heavy (non-hydrogen) atoms. The Morgan fingerprint density at radius 2 is 1.57 bits per heavy atom. The number of pyridine rings is 2. The zero-order chi connectivity index (χ0) is 36.8. The van der Waals surface area contributed by atoms with Crippen LogP contribution >= 0.6 is 0 Å².